The van der Waals surface area contributed by atoms with E-state index in [1.54, 1.807) is 0 Å². The topological polar surface area (TPSA) is 8.81 Å². The van der Waals surface area contributed by atoms with E-state index in [0.717, 1.165) is 0 Å². The fraction of sp³-hybridized carbons (Fsp3) is 0.700. The van der Waals surface area contributed by atoms with Gasteiger partial charge in [0.15, 0.2) is 0 Å². The van der Waals surface area contributed by atoms with Crippen molar-refractivity contribution in [1.82, 2.24) is 4.57 Å². The summed E-state index contributed by atoms with van der Waals surface area (Å²) in [7, 11) is 2.09. The van der Waals surface area contributed by atoms with Crippen molar-refractivity contribution < 1.29 is 17.0 Å². The summed E-state index contributed by atoms with van der Waals surface area (Å²) < 4.78 is 4.47. The Hall–Kier alpha value is -0.500. The van der Waals surface area contributed by atoms with Gasteiger partial charge in [-0.25, -0.2) is 9.13 Å². The van der Waals surface area contributed by atoms with Gasteiger partial charge in [0.25, 0.3) is 5.82 Å². The van der Waals surface area contributed by atoms with Gasteiger partial charge >= 0.3 is 0 Å². The van der Waals surface area contributed by atoms with Crippen LogP contribution < -0.4 is 17.0 Å². The summed E-state index contributed by atoms with van der Waals surface area (Å²) in [6.07, 6.45) is 8.20. The van der Waals surface area contributed by atoms with Gasteiger partial charge in [0.2, 0.25) is 0 Å². The molecule has 0 N–H and O–H groups in total. The van der Waals surface area contributed by atoms with E-state index in [4.69, 9.17) is 0 Å². The van der Waals surface area contributed by atoms with Crippen molar-refractivity contribution in [2.24, 2.45) is 7.05 Å². The molecular weight excluding hydrogens is 184 g/mol. The minimum atomic E-state index is 0. The molecule has 0 bridgehead atoms. The van der Waals surface area contributed by atoms with Crippen LogP contribution in [0.5, 0.6) is 0 Å². The Labute approximate surface area is 87.0 Å². The van der Waals surface area contributed by atoms with Gasteiger partial charge in [-0.1, -0.05) is 13.3 Å². The SMILES string of the molecule is CCCCCn1cc[n+](C)c1C.[Cl-]. The zero-order valence-corrected chi connectivity index (χ0v) is 9.51. The molecular formula is C10H19ClN2. The number of hydrogen-bond donors (Lipinski definition) is 0. The highest BCUT2D eigenvalue weighted by Crippen LogP contribution is 1.99. The molecule has 0 aromatic carbocycles. The largest absolute Gasteiger partial charge is 1.00 e. The molecule has 0 unspecified atom stereocenters. The van der Waals surface area contributed by atoms with Gasteiger partial charge in [-0.3, -0.25) is 0 Å². The van der Waals surface area contributed by atoms with E-state index < -0.39 is 0 Å². The fourth-order valence-corrected chi connectivity index (χ4v) is 1.37. The number of aromatic nitrogens is 2. The Morgan fingerprint density at radius 3 is 2.54 bits per heavy atom. The highest BCUT2D eigenvalue weighted by Gasteiger charge is 2.06. The Balaban J connectivity index is 0.00000144. The number of halogens is 1. The number of imidazole rings is 1. The van der Waals surface area contributed by atoms with Crippen LogP contribution in [-0.4, -0.2) is 4.57 Å². The number of hydrogen-bond acceptors (Lipinski definition) is 0. The standard InChI is InChI=1S/C10H19N2.ClH/c1-4-5-6-7-12-9-8-11(3)10(12)2;/h8-9H,4-7H2,1-3H3;1H/q+1;/p-1. The summed E-state index contributed by atoms with van der Waals surface area (Å²) in [5.41, 5.74) is 0. The van der Waals surface area contributed by atoms with Crippen molar-refractivity contribution in [1.29, 1.82) is 0 Å². The molecule has 0 aliphatic heterocycles. The molecule has 0 atom stereocenters. The Morgan fingerprint density at radius 1 is 1.38 bits per heavy atom. The summed E-state index contributed by atoms with van der Waals surface area (Å²) in [6.45, 7) is 5.56. The third kappa shape index (κ3) is 3.39. The zero-order valence-electron chi connectivity index (χ0n) is 8.76. The summed E-state index contributed by atoms with van der Waals surface area (Å²) in [4.78, 5) is 0. The molecule has 13 heavy (non-hydrogen) atoms. The van der Waals surface area contributed by atoms with E-state index in [1.165, 1.54) is 31.6 Å². The van der Waals surface area contributed by atoms with Crippen LogP contribution in [0.2, 0.25) is 0 Å². The van der Waals surface area contributed by atoms with Crippen LogP contribution in [0.4, 0.5) is 0 Å². The predicted octanol–water partition coefficient (Wildman–Crippen LogP) is -1.18. The summed E-state index contributed by atoms with van der Waals surface area (Å²) >= 11 is 0. The summed E-state index contributed by atoms with van der Waals surface area (Å²) in [6, 6.07) is 0. The molecule has 0 saturated carbocycles. The second-order valence-corrected chi connectivity index (χ2v) is 3.36. The minimum Gasteiger partial charge on any atom is -1.00 e. The van der Waals surface area contributed by atoms with Gasteiger partial charge < -0.3 is 12.4 Å². The number of rotatable bonds is 4. The zero-order chi connectivity index (χ0) is 8.97. The third-order valence-corrected chi connectivity index (χ3v) is 2.40. The van der Waals surface area contributed by atoms with E-state index in [-0.39, 0.29) is 12.4 Å². The lowest BCUT2D eigenvalue weighted by Crippen LogP contribution is -3.00. The first kappa shape index (κ1) is 12.5. The first-order chi connectivity index (χ1) is 5.75. The van der Waals surface area contributed by atoms with Crippen molar-refractivity contribution >= 4 is 0 Å². The highest BCUT2D eigenvalue weighted by molar-refractivity contribution is 4.78. The number of nitrogens with zero attached hydrogens (tertiary/aromatic N) is 2. The normalized spacial score (nSPS) is 9.77. The van der Waals surface area contributed by atoms with Gasteiger partial charge in [0, 0.05) is 6.92 Å². The molecule has 1 aromatic rings. The second-order valence-electron chi connectivity index (χ2n) is 3.36. The second kappa shape index (κ2) is 6.03. The van der Waals surface area contributed by atoms with E-state index >= 15 is 0 Å². The fourth-order valence-electron chi connectivity index (χ4n) is 1.37. The van der Waals surface area contributed by atoms with Crippen molar-refractivity contribution in [2.45, 2.75) is 39.7 Å². The lowest BCUT2D eigenvalue weighted by atomic mass is 10.2. The molecule has 2 nitrogen and oxygen atoms in total. The van der Waals surface area contributed by atoms with Crippen molar-refractivity contribution in [3.05, 3.63) is 18.2 Å². The van der Waals surface area contributed by atoms with Crippen LogP contribution in [0.25, 0.3) is 0 Å². The Kier molecular flexibility index (Phi) is 5.80. The van der Waals surface area contributed by atoms with Crippen LogP contribution in [0.1, 0.15) is 32.0 Å². The first-order valence-electron chi connectivity index (χ1n) is 4.77. The minimum absolute atomic E-state index is 0. The van der Waals surface area contributed by atoms with E-state index in [1.807, 2.05) is 0 Å². The molecule has 0 spiro atoms. The lowest BCUT2D eigenvalue weighted by Gasteiger charge is -1.97. The molecule has 0 amide bonds. The number of unbranched alkanes of at least 4 members (excludes halogenated alkanes) is 2. The third-order valence-electron chi connectivity index (χ3n) is 2.40. The smallest absolute Gasteiger partial charge is 0.253 e. The van der Waals surface area contributed by atoms with Crippen LogP contribution in [0, 0.1) is 6.92 Å². The molecule has 0 radical (unpaired) electrons. The van der Waals surface area contributed by atoms with Gasteiger partial charge in [0.05, 0.1) is 13.6 Å². The maximum Gasteiger partial charge on any atom is 0.253 e. The van der Waals surface area contributed by atoms with Crippen LogP contribution >= 0.6 is 0 Å². The summed E-state index contributed by atoms with van der Waals surface area (Å²) in [5.74, 6) is 1.34. The molecule has 0 aliphatic carbocycles. The maximum absolute atomic E-state index is 2.32. The predicted molar refractivity (Wildman–Crippen MR) is 49.9 cm³/mol. The van der Waals surface area contributed by atoms with E-state index in [2.05, 4.69) is 42.4 Å². The molecule has 1 heterocycles. The van der Waals surface area contributed by atoms with Gasteiger partial charge in [0.1, 0.15) is 12.4 Å². The van der Waals surface area contributed by atoms with Crippen molar-refractivity contribution in [3.63, 3.8) is 0 Å². The highest BCUT2D eigenvalue weighted by atomic mass is 35.5. The average molecular weight is 203 g/mol. The molecule has 76 valence electrons. The van der Waals surface area contributed by atoms with Crippen LogP contribution in [0.15, 0.2) is 12.4 Å². The van der Waals surface area contributed by atoms with Crippen LogP contribution in [0.3, 0.4) is 0 Å². The molecule has 3 heteroatoms. The van der Waals surface area contributed by atoms with Crippen molar-refractivity contribution in [2.75, 3.05) is 0 Å². The van der Waals surface area contributed by atoms with E-state index in [0.29, 0.717) is 0 Å². The molecule has 1 aromatic heterocycles. The average Bonchev–Trinajstić information content (AvgIpc) is 2.36. The van der Waals surface area contributed by atoms with Crippen molar-refractivity contribution in [3.8, 4) is 0 Å². The molecule has 0 aliphatic rings. The number of aryl methyl sites for hydroxylation is 2. The Morgan fingerprint density at radius 2 is 2.08 bits per heavy atom. The quantitative estimate of drug-likeness (QED) is 0.429. The lowest BCUT2D eigenvalue weighted by molar-refractivity contribution is -0.677. The molecule has 1 rings (SSSR count). The van der Waals surface area contributed by atoms with E-state index in [9.17, 15) is 0 Å². The van der Waals surface area contributed by atoms with Gasteiger partial charge in [-0.05, 0) is 12.8 Å². The van der Waals surface area contributed by atoms with Crippen LogP contribution in [-0.2, 0) is 13.6 Å². The maximum atomic E-state index is 2.32. The summed E-state index contributed by atoms with van der Waals surface area (Å²) in [5, 5.41) is 0. The first-order valence-corrected chi connectivity index (χ1v) is 4.77. The molecule has 0 fully saturated rings. The Bertz CT molecular complexity index is 243. The molecule has 0 saturated heterocycles. The van der Waals surface area contributed by atoms with Gasteiger partial charge in [-0.15, -0.1) is 0 Å². The van der Waals surface area contributed by atoms with Gasteiger partial charge in [-0.2, -0.15) is 0 Å². The monoisotopic (exact) mass is 202 g/mol.